The fourth-order valence-corrected chi connectivity index (χ4v) is 0. The fourth-order valence-electron chi connectivity index (χ4n) is 0. The Hall–Kier alpha value is -0.0951. The van der Waals surface area contributed by atoms with Crippen LogP contribution >= 0.6 is 0 Å². The molecule has 0 aliphatic carbocycles. The average molecular weight is 78.9 g/mol. The van der Waals surface area contributed by atoms with Crippen LogP contribution in [-0.4, -0.2) is 22.4 Å². The van der Waals surface area contributed by atoms with E-state index in [1.165, 1.54) is 0 Å². The van der Waals surface area contributed by atoms with E-state index in [-0.39, 0.29) is 6.15 Å². The Kier molecular flexibility index (Phi) is 6.92. The van der Waals surface area contributed by atoms with Crippen molar-refractivity contribution >= 4 is 7.32 Å². The van der Waals surface area contributed by atoms with Gasteiger partial charge in [-0.25, -0.2) is 0 Å². The van der Waals surface area contributed by atoms with E-state index in [9.17, 15) is 0 Å². The van der Waals surface area contributed by atoms with E-state index in [0.29, 0.717) is 0 Å². The van der Waals surface area contributed by atoms with Gasteiger partial charge in [0.05, 0.1) is 0 Å². The molecule has 0 bridgehead atoms. The molecule has 0 aromatic rings. The Bertz CT molecular complexity index is 11.6. The minimum atomic E-state index is -2.17. The highest BCUT2D eigenvalue weighted by Crippen LogP contribution is 1.40. The van der Waals surface area contributed by atoms with E-state index < -0.39 is 7.32 Å². The minimum Gasteiger partial charge on any atom is -0.402 e. The second kappa shape index (κ2) is 3.90. The first-order valence-electron chi connectivity index (χ1n) is 0.775. The van der Waals surface area contributed by atoms with Crippen molar-refractivity contribution in [2.75, 3.05) is 0 Å². The smallest absolute Gasteiger partial charge is 0.402 e. The molecular formula is H6BNO3. The third-order valence-corrected chi connectivity index (χ3v) is 0. The lowest BCUT2D eigenvalue weighted by Gasteiger charge is -1.69. The van der Waals surface area contributed by atoms with Gasteiger partial charge in [-0.15, -0.1) is 0 Å². The van der Waals surface area contributed by atoms with Crippen LogP contribution in [0, 0.1) is 0 Å². The number of hydrogen-bond acceptors (Lipinski definition) is 4. The maximum absolute atomic E-state index is 7.17. The Balaban J connectivity index is 0. The third kappa shape index (κ3) is 1570. The topological polar surface area (TPSA) is 95.7 Å². The van der Waals surface area contributed by atoms with E-state index in [1.807, 2.05) is 0 Å². The van der Waals surface area contributed by atoms with E-state index in [0.717, 1.165) is 0 Å². The molecule has 0 heterocycles. The summed E-state index contributed by atoms with van der Waals surface area (Å²) in [5, 5.41) is 21.5. The summed E-state index contributed by atoms with van der Waals surface area (Å²) in [7, 11) is -2.17. The molecule has 5 heavy (non-hydrogen) atoms. The largest absolute Gasteiger partial charge is 0.631 e. The first kappa shape index (κ1) is 8.86. The summed E-state index contributed by atoms with van der Waals surface area (Å²) in [6, 6.07) is 0. The van der Waals surface area contributed by atoms with Gasteiger partial charge in [0, 0.05) is 0 Å². The molecule has 32 valence electrons. The van der Waals surface area contributed by atoms with Gasteiger partial charge in [0.15, 0.2) is 0 Å². The lowest BCUT2D eigenvalue weighted by Crippen LogP contribution is -2.07. The molecule has 0 atom stereocenters. The molecule has 0 rings (SSSR count). The van der Waals surface area contributed by atoms with Crippen LogP contribution in [0.3, 0.4) is 0 Å². The zero-order valence-electron chi connectivity index (χ0n) is 2.63. The van der Waals surface area contributed by atoms with Crippen molar-refractivity contribution in [3.05, 3.63) is 0 Å². The van der Waals surface area contributed by atoms with Gasteiger partial charge in [0.25, 0.3) is 0 Å². The summed E-state index contributed by atoms with van der Waals surface area (Å²) in [6.45, 7) is 0. The summed E-state index contributed by atoms with van der Waals surface area (Å²) in [4.78, 5) is 0. The first-order chi connectivity index (χ1) is 1.73. The SMILES string of the molecule is N.OB(O)O. The Morgan fingerprint density at radius 2 is 1.00 bits per heavy atom. The monoisotopic (exact) mass is 79.0 g/mol. The summed E-state index contributed by atoms with van der Waals surface area (Å²) in [5.74, 6) is 0. The van der Waals surface area contributed by atoms with Gasteiger partial charge >= 0.3 is 7.32 Å². The van der Waals surface area contributed by atoms with Gasteiger partial charge in [-0.05, 0) is 0 Å². The predicted molar refractivity (Wildman–Crippen MR) is 17.4 cm³/mol. The van der Waals surface area contributed by atoms with Gasteiger partial charge in [-0.2, -0.15) is 0 Å². The summed E-state index contributed by atoms with van der Waals surface area (Å²) in [5.41, 5.74) is 0. The average Bonchev–Trinajstić information content (AvgIpc) is 0.811. The van der Waals surface area contributed by atoms with E-state index >= 15 is 0 Å². The quantitative estimate of drug-likeness (QED) is 0.255. The minimum absolute atomic E-state index is 0. The van der Waals surface area contributed by atoms with Crippen molar-refractivity contribution in [3.63, 3.8) is 0 Å². The zero-order chi connectivity index (χ0) is 3.58. The number of rotatable bonds is 0. The fraction of sp³-hybridized carbons (Fsp3) is 0. The van der Waals surface area contributed by atoms with Crippen LogP contribution in [0.2, 0.25) is 0 Å². The van der Waals surface area contributed by atoms with Crippen LogP contribution in [0.4, 0.5) is 0 Å². The van der Waals surface area contributed by atoms with Gasteiger partial charge in [-0.1, -0.05) is 0 Å². The van der Waals surface area contributed by atoms with Gasteiger partial charge in [0.1, 0.15) is 0 Å². The third-order valence-electron chi connectivity index (χ3n) is 0. The van der Waals surface area contributed by atoms with Crippen molar-refractivity contribution in [1.82, 2.24) is 6.15 Å². The van der Waals surface area contributed by atoms with Crippen molar-refractivity contribution in [3.8, 4) is 0 Å². The standard InChI is InChI=1S/BH3O3.H3N/c2-1(3)4;/h2-4H;1H3. The van der Waals surface area contributed by atoms with Gasteiger partial charge < -0.3 is 21.2 Å². The Morgan fingerprint density at radius 3 is 1.00 bits per heavy atom. The summed E-state index contributed by atoms with van der Waals surface area (Å²) >= 11 is 0. The molecule has 4 nitrogen and oxygen atoms in total. The highest BCUT2D eigenvalue weighted by molar-refractivity contribution is 6.30. The van der Waals surface area contributed by atoms with E-state index in [1.54, 1.807) is 0 Å². The number of hydrogen-bond donors (Lipinski definition) is 4. The predicted octanol–water partition coefficient (Wildman–Crippen LogP) is -1.89. The van der Waals surface area contributed by atoms with Crippen LogP contribution in [0.1, 0.15) is 0 Å². The van der Waals surface area contributed by atoms with E-state index in [2.05, 4.69) is 0 Å². The van der Waals surface area contributed by atoms with Crippen LogP contribution in [0.5, 0.6) is 0 Å². The maximum atomic E-state index is 7.17. The molecular weight excluding hydrogens is 72.8 g/mol. The maximum Gasteiger partial charge on any atom is 0.631 e. The molecule has 0 aromatic carbocycles. The molecule has 0 unspecified atom stereocenters. The van der Waals surface area contributed by atoms with Crippen molar-refractivity contribution < 1.29 is 15.1 Å². The molecule has 0 saturated carbocycles. The molecule has 0 aliphatic heterocycles. The molecule has 0 saturated heterocycles. The zero-order valence-corrected chi connectivity index (χ0v) is 2.63. The Labute approximate surface area is 29.8 Å². The molecule has 0 fully saturated rings. The highest BCUT2D eigenvalue weighted by Gasteiger charge is 1.92. The van der Waals surface area contributed by atoms with Crippen molar-refractivity contribution in [2.45, 2.75) is 0 Å². The van der Waals surface area contributed by atoms with Gasteiger partial charge in [-0.3, -0.25) is 0 Å². The van der Waals surface area contributed by atoms with Crippen LogP contribution in [0.15, 0.2) is 0 Å². The Morgan fingerprint density at radius 1 is 1.00 bits per heavy atom. The highest BCUT2D eigenvalue weighted by atomic mass is 16.5. The van der Waals surface area contributed by atoms with Crippen molar-refractivity contribution in [1.29, 1.82) is 0 Å². The molecule has 6 N–H and O–H groups in total. The molecule has 0 aromatic heterocycles. The lowest BCUT2D eigenvalue weighted by atomic mass is 10.3. The summed E-state index contributed by atoms with van der Waals surface area (Å²) < 4.78 is 0. The molecule has 0 spiro atoms. The normalized spacial score (nSPS) is 5.40. The van der Waals surface area contributed by atoms with Gasteiger partial charge in [0.2, 0.25) is 0 Å². The first-order valence-corrected chi connectivity index (χ1v) is 0.775. The lowest BCUT2D eigenvalue weighted by molar-refractivity contribution is 0.278. The van der Waals surface area contributed by atoms with E-state index in [4.69, 9.17) is 15.1 Å². The van der Waals surface area contributed by atoms with Crippen LogP contribution in [-0.2, 0) is 0 Å². The molecule has 0 amide bonds. The molecule has 5 heteroatoms. The molecule has 0 aliphatic rings. The second-order valence-corrected chi connectivity index (χ2v) is 0.346. The van der Waals surface area contributed by atoms with Crippen LogP contribution < -0.4 is 6.15 Å². The van der Waals surface area contributed by atoms with Crippen LogP contribution in [0.25, 0.3) is 0 Å². The summed E-state index contributed by atoms with van der Waals surface area (Å²) in [6.07, 6.45) is 0. The van der Waals surface area contributed by atoms with Crippen molar-refractivity contribution in [2.24, 2.45) is 0 Å². The molecule has 0 radical (unpaired) electrons. The second-order valence-electron chi connectivity index (χ2n) is 0.346.